The fraction of sp³-hybridized carbons (Fsp3) is 0. The van der Waals surface area contributed by atoms with Gasteiger partial charge in [0.05, 0.1) is 22.1 Å². The molecule has 0 aliphatic heterocycles. The van der Waals surface area contributed by atoms with Gasteiger partial charge < -0.3 is 4.57 Å². The van der Waals surface area contributed by atoms with Gasteiger partial charge in [0, 0.05) is 58.5 Å². The fourth-order valence-electron chi connectivity index (χ4n) is 9.55. The molecule has 0 amide bonds. The number of nitrogens with zero attached hydrogens (tertiary/aromatic N) is 5. The van der Waals surface area contributed by atoms with Crippen molar-refractivity contribution in [3.8, 4) is 56.7 Å². The first-order chi connectivity index (χ1) is 31.2. The van der Waals surface area contributed by atoms with E-state index < -0.39 is 0 Å². The molecule has 13 rings (SSSR count). The number of para-hydroxylation sites is 2. The Hall–Kier alpha value is -8.19. The molecule has 4 aromatic heterocycles. The smallest absolute Gasteiger partial charge is 0.238 e. The first-order valence-corrected chi connectivity index (χ1v) is 22.0. The lowest BCUT2D eigenvalue weighted by molar-refractivity contribution is 0.954. The summed E-state index contributed by atoms with van der Waals surface area (Å²) in [5.41, 5.74) is 12.0. The van der Waals surface area contributed by atoms with Crippen molar-refractivity contribution in [1.82, 2.24) is 24.1 Å². The van der Waals surface area contributed by atoms with E-state index in [0.717, 1.165) is 66.0 Å². The van der Waals surface area contributed by atoms with Gasteiger partial charge in [0.15, 0.2) is 11.6 Å². The minimum Gasteiger partial charge on any atom is -0.307 e. The van der Waals surface area contributed by atoms with Crippen LogP contribution in [0.15, 0.2) is 212 Å². The van der Waals surface area contributed by atoms with Crippen molar-refractivity contribution in [1.29, 1.82) is 0 Å². The average molecular weight is 822 g/mol. The van der Waals surface area contributed by atoms with Gasteiger partial charge in [-0.05, 0) is 64.7 Å². The fourth-order valence-corrected chi connectivity index (χ4v) is 10.7. The van der Waals surface area contributed by atoms with E-state index in [0.29, 0.717) is 17.6 Å². The molecular weight excluding hydrogens is 787 g/mol. The van der Waals surface area contributed by atoms with Crippen LogP contribution in [0.3, 0.4) is 0 Å². The Bertz CT molecular complexity index is 3900. The first kappa shape index (κ1) is 35.6. The highest BCUT2D eigenvalue weighted by Gasteiger charge is 2.24. The van der Waals surface area contributed by atoms with Gasteiger partial charge in [-0.2, -0.15) is 9.97 Å². The molecular formula is C57H35N5S. The maximum Gasteiger partial charge on any atom is 0.238 e. The second-order valence-corrected chi connectivity index (χ2v) is 17.1. The molecule has 9 aromatic carbocycles. The molecule has 0 unspecified atom stereocenters. The zero-order valence-corrected chi connectivity index (χ0v) is 34.7. The van der Waals surface area contributed by atoms with Crippen LogP contribution in [0.25, 0.3) is 120 Å². The van der Waals surface area contributed by atoms with Crippen LogP contribution in [0, 0.1) is 0 Å². The number of benzene rings is 9. The third kappa shape index (κ3) is 5.66. The van der Waals surface area contributed by atoms with Crippen molar-refractivity contribution < 1.29 is 0 Å². The Morgan fingerprint density at radius 1 is 0.333 bits per heavy atom. The lowest BCUT2D eigenvalue weighted by Crippen LogP contribution is -2.07. The Balaban J connectivity index is 1.08. The van der Waals surface area contributed by atoms with Gasteiger partial charge >= 0.3 is 0 Å². The van der Waals surface area contributed by atoms with E-state index in [-0.39, 0.29) is 0 Å². The number of aromatic nitrogens is 5. The molecule has 0 atom stereocenters. The number of thiophene rings is 1. The van der Waals surface area contributed by atoms with Gasteiger partial charge in [0.1, 0.15) is 0 Å². The Morgan fingerprint density at radius 3 is 1.57 bits per heavy atom. The van der Waals surface area contributed by atoms with E-state index in [1.807, 2.05) is 18.2 Å². The predicted octanol–water partition coefficient (Wildman–Crippen LogP) is 15.1. The highest BCUT2D eigenvalue weighted by molar-refractivity contribution is 7.25. The quantitative estimate of drug-likeness (QED) is 0.168. The molecule has 63 heavy (non-hydrogen) atoms. The first-order valence-electron chi connectivity index (χ1n) is 21.2. The van der Waals surface area contributed by atoms with Crippen molar-refractivity contribution in [2.45, 2.75) is 0 Å². The van der Waals surface area contributed by atoms with E-state index in [2.05, 4.69) is 203 Å². The van der Waals surface area contributed by atoms with Crippen molar-refractivity contribution in [3.63, 3.8) is 0 Å². The van der Waals surface area contributed by atoms with Gasteiger partial charge in [-0.25, -0.2) is 4.98 Å². The van der Waals surface area contributed by atoms with Crippen LogP contribution >= 0.6 is 11.3 Å². The Labute approximate surface area is 366 Å². The monoisotopic (exact) mass is 821 g/mol. The van der Waals surface area contributed by atoms with Gasteiger partial charge in [0.2, 0.25) is 5.95 Å². The molecule has 0 N–H and O–H groups in total. The largest absolute Gasteiger partial charge is 0.307 e. The van der Waals surface area contributed by atoms with Crippen LogP contribution in [0.2, 0.25) is 0 Å². The summed E-state index contributed by atoms with van der Waals surface area (Å²) in [6.45, 7) is 0. The maximum atomic E-state index is 5.48. The molecule has 0 aliphatic rings. The van der Waals surface area contributed by atoms with E-state index in [9.17, 15) is 0 Å². The molecule has 294 valence electrons. The van der Waals surface area contributed by atoms with Crippen LogP contribution in [-0.2, 0) is 0 Å². The molecule has 4 heterocycles. The molecule has 6 heteroatoms. The second kappa shape index (κ2) is 14.2. The minimum atomic E-state index is 0.569. The van der Waals surface area contributed by atoms with Crippen molar-refractivity contribution in [2.24, 2.45) is 0 Å². The number of fused-ring (bicyclic) bond motifs is 10. The van der Waals surface area contributed by atoms with Crippen LogP contribution in [0.5, 0.6) is 0 Å². The lowest BCUT2D eigenvalue weighted by Gasteiger charge is -2.14. The van der Waals surface area contributed by atoms with Gasteiger partial charge in [-0.1, -0.05) is 170 Å². The summed E-state index contributed by atoms with van der Waals surface area (Å²) in [5.74, 6) is 1.83. The predicted molar refractivity (Wildman–Crippen MR) is 263 cm³/mol. The SMILES string of the molecule is c1ccc(-c2cccc(-c3ccc(-n4c5ccccc5c5ccc6c7ccccc7n(-c7nc(-c8ccccc8)nc(-c8cccc9sc%10ccccc%10c89)n7)c6c54)cc3)c2)cc1. The van der Waals surface area contributed by atoms with Crippen LogP contribution in [0.1, 0.15) is 0 Å². The normalized spacial score (nSPS) is 11.8. The van der Waals surface area contributed by atoms with Crippen LogP contribution < -0.4 is 0 Å². The summed E-state index contributed by atoms with van der Waals surface area (Å²) in [6, 6.07) is 75.6. The maximum absolute atomic E-state index is 5.48. The molecule has 0 aliphatic carbocycles. The summed E-state index contributed by atoms with van der Waals surface area (Å²) in [6.07, 6.45) is 0. The van der Waals surface area contributed by atoms with E-state index in [1.165, 1.54) is 36.9 Å². The average Bonchev–Trinajstić information content (AvgIpc) is 4.03. The molecule has 5 nitrogen and oxygen atoms in total. The van der Waals surface area contributed by atoms with Gasteiger partial charge in [0.25, 0.3) is 0 Å². The van der Waals surface area contributed by atoms with Gasteiger partial charge in [-0.15, -0.1) is 11.3 Å². The van der Waals surface area contributed by atoms with E-state index in [1.54, 1.807) is 11.3 Å². The van der Waals surface area contributed by atoms with Gasteiger partial charge in [-0.3, -0.25) is 4.57 Å². The zero-order chi connectivity index (χ0) is 41.4. The number of hydrogen-bond donors (Lipinski definition) is 0. The molecule has 0 saturated heterocycles. The third-order valence-corrected chi connectivity index (χ3v) is 13.5. The van der Waals surface area contributed by atoms with Crippen molar-refractivity contribution in [2.75, 3.05) is 0 Å². The highest BCUT2D eigenvalue weighted by Crippen LogP contribution is 2.43. The third-order valence-electron chi connectivity index (χ3n) is 12.4. The number of rotatable bonds is 6. The standard InChI is InChI=1S/C57H35N5S/c1-3-15-36(16-4-1)39-19-13-20-40(35-39)37-29-31-41(32-30-37)61-48-25-10-7-21-42(48)44-33-34-45-43-22-8-11-26-49(43)62(54(45)53(44)61)57-59-55(38-17-5-2-6-18-38)58-56(60-57)47-24-14-28-51-52(47)46-23-9-12-27-50(46)63-51/h1-35H. The van der Waals surface area contributed by atoms with Crippen LogP contribution in [0.4, 0.5) is 0 Å². The Morgan fingerprint density at radius 2 is 0.857 bits per heavy atom. The lowest BCUT2D eigenvalue weighted by atomic mass is 9.99. The molecule has 0 fully saturated rings. The number of hydrogen-bond acceptors (Lipinski definition) is 4. The molecule has 0 radical (unpaired) electrons. The zero-order valence-electron chi connectivity index (χ0n) is 33.9. The summed E-state index contributed by atoms with van der Waals surface area (Å²) in [7, 11) is 0. The summed E-state index contributed by atoms with van der Waals surface area (Å²) in [5, 5.41) is 6.97. The molecule has 0 saturated carbocycles. The minimum absolute atomic E-state index is 0.569. The van der Waals surface area contributed by atoms with E-state index >= 15 is 0 Å². The van der Waals surface area contributed by atoms with E-state index in [4.69, 9.17) is 15.0 Å². The summed E-state index contributed by atoms with van der Waals surface area (Å²) >= 11 is 1.80. The highest BCUT2D eigenvalue weighted by atomic mass is 32.1. The topological polar surface area (TPSA) is 48.5 Å². The molecule has 0 spiro atoms. The summed E-state index contributed by atoms with van der Waals surface area (Å²) < 4.78 is 7.14. The van der Waals surface area contributed by atoms with Crippen molar-refractivity contribution in [3.05, 3.63) is 212 Å². The molecule has 0 bridgehead atoms. The molecule has 13 aromatic rings. The van der Waals surface area contributed by atoms with Crippen LogP contribution in [-0.4, -0.2) is 24.1 Å². The second-order valence-electron chi connectivity index (χ2n) is 16.0. The Kier molecular flexibility index (Phi) is 8.01. The van der Waals surface area contributed by atoms with Crippen molar-refractivity contribution >= 4 is 75.1 Å². The summed E-state index contributed by atoms with van der Waals surface area (Å²) in [4.78, 5) is 16.1.